The molecule has 0 bridgehead atoms. The third-order valence-corrected chi connectivity index (χ3v) is 4.22. The van der Waals surface area contributed by atoms with Crippen molar-refractivity contribution in [3.63, 3.8) is 0 Å². The Hall–Kier alpha value is -2.38. The monoisotopic (exact) mass is 382 g/mol. The molecule has 1 fully saturated rings. The lowest BCUT2D eigenvalue weighted by molar-refractivity contribution is -0.226. The number of hydrogen-bond acceptors (Lipinski definition) is 3. The van der Waals surface area contributed by atoms with E-state index in [1.54, 1.807) is 6.92 Å². The summed E-state index contributed by atoms with van der Waals surface area (Å²) in [6.07, 6.45) is 0.134. The molecular weight excluding hydrogens is 364 g/mol. The van der Waals surface area contributed by atoms with Gasteiger partial charge >= 0.3 is 0 Å². The fourth-order valence-corrected chi connectivity index (χ4v) is 2.73. The van der Waals surface area contributed by atoms with Gasteiger partial charge in [0.05, 0.1) is 19.8 Å². The van der Waals surface area contributed by atoms with Gasteiger partial charge < -0.3 is 14.2 Å². The van der Waals surface area contributed by atoms with Crippen molar-refractivity contribution < 1.29 is 31.8 Å². The predicted octanol–water partition coefficient (Wildman–Crippen LogP) is 5.11. The number of benzene rings is 2. The lowest BCUT2D eigenvalue weighted by Crippen LogP contribution is -2.39. The van der Waals surface area contributed by atoms with Gasteiger partial charge in [-0.15, -0.1) is 0 Å². The second kappa shape index (κ2) is 7.70. The highest BCUT2D eigenvalue weighted by Crippen LogP contribution is 2.34. The topological polar surface area (TPSA) is 27.7 Å². The zero-order valence-corrected chi connectivity index (χ0v) is 14.6. The van der Waals surface area contributed by atoms with E-state index in [0.29, 0.717) is 5.56 Å². The van der Waals surface area contributed by atoms with E-state index in [1.807, 2.05) is 0 Å². The summed E-state index contributed by atoms with van der Waals surface area (Å²) in [5.41, 5.74) is -1.85. The first-order valence-corrected chi connectivity index (χ1v) is 8.35. The molecule has 0 spiro atoms. The molecule has 0 N–H and O–H groups in total. The molecule has 0 unspecified atom stereocenters. The molecule has 0 amide bonds. The summed E-state index contributed by atoms with van der Waals surface area (Å²) in [5, 5.41) is 0. The van der Waals surface area contributed by atoms with Gasteiger partial charge in [0.25, 0.3) is 0 Å². The molecule has 0 aromatic heterocycles. The predicted molar refractivity (Wildman–Crippen MR) is 91.6 cm³/mol. The zero-order chi connectivity index (χ0) is 19.6. The van der Waals surface area contributed by atoms with Crippen LogP contribution in [0.2, 0.25) is 0 Å². The molecule has 144 valence electrons. The summed E-state index contributed by atoms with van der Waals surface area (Å²) in [6.45, 7) is 4.64. The Kier molecular flexibility index (Phi) is 5.53. The van der Waals surface area contributed by atoms with Gasteiger partial charge in [-0.1, -0.05) is 24.8 Å². The number of hydrogen-bond donors (Lipinski definition) is 0. The molecule has 3 nitrogen and oxygen atoms in total. The van der Waals surface area contributed by atoms with E-state index in [0.717, 1.165) is 12.1 Å². The maximum absolute atomic E-state index is 14.5. The van der Waals surface area contributed by atoms with Gasteiger partial charge in [0.1, 0.15) is 5.82 Å². The first-order valence-electron chi connectivity index (χ1n) is 8.35. The Bertz CT molecular complexity index is 845. The highest BCUT2D eigenvalue weighted by Gasteiger charge is 2.35. The van der Waals surface area contributed by atoms with Gasteiger partial charge in [0.2, 0.25) is 5.82 Å². The molecule has 0 saturated carbocycles. The fourth-order valence-electron chi connectivity index (χ4n) is 2.73. The van der Waals surface area contributed by atoms with Gasteiger partial charge in [0, 0.05) is 16.7 Å². The van der Waals surface area contributed by atoms with Gasteiger partial charge in [-0.05, 0) is 25.1 Å². The van der Waals surface area contributed by atoms with E-state index in [4.69, 9.17) is 14.2 Å². The van der Waals surface area contributed by atoms with Crippen molar-refractivity contribution in [2.45, 2.75) is 18.9 Å². The van der Waals surface area contributed by atoms with Crippen LogP contribution in [0.3, 0.4) is 0 Å². The Balaban J connectivity index is 1.86. The van der Waals surface area contributed by atoms with Crippen molar-refractivity contribution in [1.82, 2.24) is 0 Å². The molecule has 1 aliphatic rings. The average molecular weight is 382 g/mol. The van der Waals surface area contributed by atoms with Crippen molar-refractivity contribution in [3.8, 4) is 16.9 Å². The Morgan fingerprint density at radius 1 is 1.11 bits per heavy atom. The zero-order valence-electron chi connectivity index (χ0n) is 14.6. The van der Waals surface area contributed by atoms with E-state index in [2.05, 4.69) is 6.58 Å². The third kappa shape index (κ3) is 3.84. The maximum atomic E-state index is 14.5. The fraction of sp³-hybridized carbons (Fsp3) is 0.300. The lowest BCUT2D eigenvalue weighted by Gasteiger charge is -2.32. The van der Waals surface area contributed by atoms with Crippen LogP contribution in [0.4, 0.5) is 17.6 Å². The van der Waals surface area contributed by atoms with E-state index < -0.39 is 29.4 Å². The van der Waals surface area contributed by atoms with Crippen molar-refractivity contribution in [1.29, 1.82) is 0 Å². The van der Waals surface area contributed by atoms with Crippen molar-refractivity contribution in [3.05, 3.63) is 66.0 Å². The molecule has 0 atom stereocenters. The van der Waals surface area contributed by atoms with Crippen LogP contribution in [0.25, 0.3) is 11.1 Å². The first-order chi connectivity index (χ1) is 12.9. The SMILES string of the molecule is C=CC1(F)COC(c2ccc(-c3ccc(OCC)c(F)c3F)c(F)c2)OC1. The van der Waals surface area contributed by atoms with Crippen LogP contribution in [-0.4, -0.2) is 25.5 Å². The molecule has 3 rings (SSSR count). The number of rotatable bonds is 5. The standard InChI is InChI=1S/C20H18F4O3/c1-3-20(24)10-26-19(27-11-20)12-5-6-13(15(21)9-12)14-7-8-16(25-4-2)18(23)17(14)22/h3,5-9,19H,1,4,10-11H2,2H3. The van der Waals surface area contributed by atoms with E-state index >= 15 is 0 Å². The Labute approximate surface area is 154 Å². The van der Waals surface area contributed by atoms with Crippen LogP contribution >= 0.6 is 0 Å². The second-order valence-corrected chi connectivity index (χ2v) is 6.10. The van der Waals surface area contributed by atoms with Crippen LogP contribution in [0.1, 0.15) is 18.8 Å². The summed E-state index contributed by atoms with van der Waals surface area (Å²) in [6, 6.07) is 6.33. The normalized spacial score (nSPS) is 22.5. The van der Waals surface area contributed by atoms with Crippen LogP contribution in [-0.2, 0) is 9.47 Å². The van der Waals surface area contributed by atoms with Crippen molar-refractivity contribution in [2.75, 3.05) is 19.8 Å². The molecule has 1 aliphatic heterocycles. The molecule has 2 aromatic carbocycles. The highest BCUT2D eigenvalue weighted by atomic mass is 19.2. The van der Waals surface area contributed by atoms with Crippen molar-refractivity contribution >= 4 is 0 Å². The molecule has 2 aromatic rings. The largest absolute Gasteiger partial charge is 0.491 e. The summed E-state index contributed by atoms with van der Waals surface area (Å²) in [5.74, 6) is -3.41. The molecule has 1 saturated heterocycles. The maximum Gasteiger partial charge on any atom is 0.201 e. The van der Waals surface area contributed by atoms with Gasteiger partial charge in [-0.25, -0.2) is 13.2 Å². The minimum Gasteiger partial charge on any atom is -0.491 e. The second-order valence-electron chi connectivity index (χ2n) is 6.10. The quantitative estimate of drug-likeness (QED) is 0.531. The van der Waals surface area contributed by atoms with Gasteiger partial charge in [-0.3, -0.25) is 0 Å². The van der Waals surface area contributed by atoms with Crippen LogP contribution < -0.4 is 4.74 Å². The smallest absolute Gasteiger partial charge is 0.201 e. The molecule has 0 aliphatic carbocycles. The molecular formula is C20H18F4O3. The lowest BCUT2D eigenvalue weighted by atomic mass is 10.0. The Morgan fingerprint density at radius 3 is 2.37 bits per heavy atom. The number of alkyl halides is 1. The van der Waals surface area contributed by atoms with Gasteiger partial charge in [-0.2, -0.15) is 4.39 Å². The minimum absolute atomic E-state index is 0.125. The van der Waals surface area contributed by atoms with E-state index in [9.17, 15) is 17.6 Å². The van der Waals surface area contributed by atoms with Gasteiger partial charge in [0.15, 0.2) is 23.5 Å². The van der Waals surface area contributed by atoms with E-state index in [1.165, 1.54) is 24.3 Å². The average Bonchev–Trinajstić information content (AvgIpc) is 2.67. The Morgan fingerprint density at radius 2 is 1.78 bits per heavy atom. The molecule has 1 heterocycles. The first kappa shape index (κ1) is 19.4. The summed E-state index contributed by atoms with van der Waals surface area (Å²) in [4.78, 5) is 0. The van der Waals surface area contributed by atoms with Crippen LogP contribution in [0, 0.1) is 17.5 Å². The van der Waals surface area contributed by atoms with Crippen molar-refractivity contribution in [2.24, 2.45) is 0 Å². The number of ether oxygens (including phenoxy) is 3. The number of halogens is 4. The van der Waals surface area contributed by atoms with Crippen LogP contribution in [0.15, 0.2) is 43.0 Å². The van der Waals surface area contributed by atoms with Crippen LogP contribution in [0.5, 0.6) is 5.75 Å². The minimum atomic E-state index is -1.79. The molecule has 7 heteroatoms. The summed E-state index contributed by atoms with van der Waals surface area (Å²) >= 11 is 0. The molecule has 0 radical (unpaired) electrons. The summed E-state index contributed by atoms with van der Waals surface area (Å²) < 4.78 is 72.4. The third-order valence-electron chi connectivity index (χ3n) is 4.22. The highest BCUT2D eigenvalue weighted by molar-refractivity contribution is 5.66. The van der Waals surface area contributed by atoms with E-state index in [-0.39, 0.29) is 36.7 Å². The molecule has 27 heavy (non-hydrogen) atoms. The summed E-state index contributed by atoms with van der Waals surface area (Å²) in [7, 11) is 0.